The lowest BCUT2D eigenvalue weighted by atomic mass is 10.2. The predicted molar refractivity (Wildman–Crippen MR) is 93.5 cm³/mol. The molecule has 0 fully saturated rings. The second kappa shape index (κ2) is 6.25. The Morgan fingerprint density at radius 2 is 1.80 bits per heavy atom. The van der Waals surface area contributed by atoms with E-state index in [1.54, 1.807) is 41.1 Å². The van der Waals surface area contributed by atoms with E-state index >= 15 is 0 Å². The van der Waals surface area contributed by atoms with Crippen LogP contribution in [0.2, 0.25) is 0 Å². The number of hydrogen-bond donors (Lipinski definition) is 1. The first kappa shape index (κ1) is 15.7. The molecule has 126 valence electrons. The summed E-state index contributed by atoms with van der Waals surface area (Å²) in [6.07, 6.45) is 0. The van der Waals surface area contributed by atoms with Gasteiger partial charge >= 0.3 is 0 Å². The van der Waals surface area contributed by atoms with Gasteiger partial charge in [0.05, 0.1) is 22.9 Å². The molecule has 0 radical (unpaired) electrons. The Hall–Kier alpha value is -2.80. The molecule has 25 heavy (non-hydrogen) atoms. The van der Waals surface area contributed by atoms with Crippen molar-refractivity contribution < 1.29 is 13.4 Å². The third kappa shape index (κ3) is 2.98. The van der Waals surface area contributed by atoms with Gasteiger partial charge in [0.25, 0.3) is 5.91 Å². The van der Waals surface area contributed by atoms with Crippen LogP contribution in [0.15, 0.2) is 54.6 Å². The third-order valence-corrected chi connectivity index (χ3v) is 5.21. The van der Waals surface area contributed by atoms with Crippen LogP contribution in [0, 0.1) is 5.82 Å². The molecule has 1 N–H and O–H groups in total. The number of halogens is 1. The zero-order chi connectivity index (χ0) is 17.4. The lowest BCUT2D eigenvalue weighted by molar-refractivity contribution is 0.102. The first-order valence-corrected chi connectivity index (χ1v) is 9.19. The molecule has 0 saturated heterocycles. The van der Waals surface area contributed by atoms with Crippen molar-refractivity contribution in [2.24, 2.45) is 0 Å². The number of aromatic nitrogens is 2. The molecule has 5 nitrogen and oxygen atoms in total. The molecule has 3 aromatic rings. The van der Waals surface area contributed by atoms with E-state index in [0.29, 0.717) is 34.3 Å². The van der Waals surface area contributed by atoms with Crippen LogP contribution >= 0.6 is 0 Å². The van der Waals surface area contributed by atoms with Gasteiger partial charge in [0.1, 0.15) is 11.6 Å². The highest BCUT2D eigenvalue weighted by molar-refractivity contribution is 7.83. The number of benzene rings is 2. The normalized spacial score (nSPS) is 15.8. The first-order chi connectivity index (χ1) is 12.1. The fourth-order valence-electron chi connectivity index (χ4n) is 2.79. The number of nitrogens with one attached hydrogen (secondary N) is 1. The smallest absolute Gasteiger partial charge is 0.256 e. The topological polar surface area (TPSA) is 64.0 Å². The molecule has 1 aromatic heterocycles. The molecular formula is C18H14FN3O2S. The summed E-state index contributed by atoms with van der Waals surface area (Å²) in [5.41, 5.74) is 2.62. The van der Waals surface area contributed by atoms with E-state index in [1.165, 1.54) is 12.1 Å². The number of carbonyl (C=O) groups is 1. The van der Waals surface area contributed by atoms with Crippen LogP contribution in [0.25, 0.3) is 5.69 Å². The Labute approximate surface area is 145 Å². The summed E-state index contributed by atoms with van der Waals surface area (Å²) in [5, 5.41) is 7.35. The van der Waals surface area contributed by atoms with Crippen LogP contribution in [0.5, 0.6) is 0 Å². The van der Waals surface area contributed by atoms with Crippen molar-refractivity contribution in [2.45, 2.75) is 11.5 Å². The molecule has 0 aliphatic carbocycles. The number of fused-ring (bicyclic) bond motifs is 1. The van der Waals surface area contributed by atoms with Crippen LogP contribution < -0.4 is 5.32 Å². The fraction of sp³-hybridized carbons (Fsp3) is 0.111. The van der Waals surface area contributed by atoms with Gasteiger partial charge in [-0.05, 0) is 36.4 Å². The molecule has 7 heteroatoms. The minimum absolute atomic E-state index is 0.274. The summed E-state index contributed by atoms with van der Waals surface area (Å²) in [7, 11) is -1.01. The fourth-order valence-corrected chi connectivity index (χ4v) is 4.06. The molecule has 2 aromatic carbocycles. The molecule has 0 bridgehead atoms. The van der Waals surface area contributed by atoms with Crippen molar-refractivity contribution >= 4 is 22.5 Å². The SMILES string of the molecule is O=C(Nc1c2c(nn1-c1ccc(F)cc1)C[S@@](=O)C2)c1ccccc1. The number of anilines is 1. The number of carbonyl (C=O) groups excluding carboxylic acids is 1. The Bertz CT molecular complexity index is 968. The van der Waals surface area contributed by atoms with Crippen molar-refractivity contribution in [3.05, 3.63) is 77.2 Å². The monoisotopic (exact) mass is 355 g/mol. The van der Waals surface area contributed by atoms with Crippen LogP contribution in [-0.2, 0) is 22.3 Å². The van der Waals surface area contributed by atoms with Gasteiger partial charge in [-0.3, -0.25) is 9.00 Å². The second-order valence-corrected chi connectivity index (χ2v) is 7.17. The Morgan fingerprint density at radius 1 is 1.08 bits per heavy atom. The molecule has 1 aliphatic heterocycles. The lowest BCUT2D eigenvalue weighted by Gasteiger charge is -2.11. The maximum Gasteiger partial charge on any atom is 0.256 e. The van der Waals surface area contributed by atoms with Crippen molar-refractivity contribution in [2.75, 3.05) is 5.32 Å². The molecule has 2 heterocycles. The van der Waals surface area contributed by atoms with E-state index in [0.717, 1.165) is 5.56 Å². The average molecular weight is 355 g/mol. The largest absolute Gasteiger partial charge is 0.306 e. The minimum Gasteiger partial charge on any atom is -0.306 e. The zero-order valence-electron chi connectivity index (χ0n) is 13.1. The Morgan fingerprint density at radius 3 is 2.52 bits per heavy atom. The standard InChI is InChI=1S/C18H14FN3O2S/c19-13-6-8-14(9-7-13)22-17(15-10-25(24)11-16(15)21-22)20-18(23)12-4-2-1-3-5-12/h1-9H,10-11H2,(H,20,23)/t25-/m0/s1. The van der Waals surface area contributed by atoms with Crippen molar-refractivity contribution in [3.63, 3.8) is 0 Å². The van der Waals surface area contributed by atoms with Crippen LogP contribution in [0.3, 0.4) is 0 Å². The summed E-state index contributed by atoms with van der Waals surface area (Å²) in [5.74, 6) is 0.573. The average Bonchev–Trinajstić information content (AvgIpc) is 3.13. The highest BCUT2D eigenvalue weighted by Gasteiger charge is 2.28. The highest BCUT2D eigenvalue weighted by atomic mass is 32.2. The van der Waals surface area contributed by atoms with E-state index in [9.17, 15) is 13.4 Å². The Balaban J connectivity index is 1.76. The Kier molecular flexibility index (Phi) is 3.93. The van der Waals surface area contributed by atoms with Crippen molar-refractivity contribution in [1.29, 1.82) is 0 Å². The third-order valence-electron chi connectivity index (χ3n) is 4.01. The second-order valence-electron chi connectivity index (χ2n) is 5.71. The maximum absolute atomic E-state index is 13.2. The van der Waals surface area contributed by atoms with Crippen molar-refractivity contribution in [1.82, 2.24) is 9.78 Å². The molecule has 0 unspecified atom stereocenters. The van der Waals surface area contributed by atoms with Gasteiger partial charge in [-0.1, -0.05) is 18.2 Å². The summed E-state index contributed by atoms with van der Waals surface area (Å²) in [4.78, 5) is 12.5. The van der Waals surface area contributed by atoms with E-state index < -0.39 is 10.8 Å². The van der Waals surface area contributed by atoms with Gasteiger partial charge in [0, 0.05) is 21.9 Å². The lowest BCUT2D eigenvalue weighted by Crippen LogP contribution is -2.16. The highest BCUT2D eigenvalue weighted by Crippen LogP contribution is 2.31. The number of hydrogen-bond acceptors (Lipinski definition) is 3. The quantitative estimate of drug-likeness (QED) is 0.785. The minimum atomic E-state index is -1.01. The summed E-state index contributed by atoms with van der Waals surface area (Å²) >= 11 is 0. The summed E-state index contributed by atoms with van der Waals surface area (Å²) in [6, 6.07) is 14.7. The van der Waals surface area contributed by atoms with Gasteiger partial charge in [-0.25, -0.2) is 9.07 Å². The molecule has 1 aliphatic rings. The van der Waals surface area contributed by atoms with Crippen LogP contribution in [0.4, 0.5) is 10.2 Å². The first-order valence-electron chi connectivity index (χ1n) is 7.70. The van der Waals surface area contributed by atoms with E-state index in [2.05, 4.69) is 10.4 Å². The number of amides is 1. The molecule has 0 spiro atoms. The van der Waals surface area contributed by atoms with E-state index in [4.69, 9.17) is 0 Å². The van der Waals surface area contributed by atoms with Gasteiger partial charge < -0.3 is 5.32 Å². The van der Waals surface area contributed by atoms with Crippen LogP contribution in [0.1, 0.15) is 21.6 Å². The molecule has 1 amide bonds. The maximum atomic E-state index is 13.2. The van der Waals surface area contributed by atoms with Gasteiger partial charge in [-0.15, -0.1) is 0 Å². The van der Waals surface area contributed by atoms with E-state index in [1.807, 2.05) is 6.07 Å². The number of rotatable bonds is 3. The molecule has 1 atom stereocenters. The van der Waals surface area contributed by atoms with Gasteiger partial charge in [0.2, 0.25) is 0 Å². The molecule has 4 rings (SSSR count). The van der Waals surface area contributed by atoms with Gasteiger partial charge in [0.15, 0.2) is 0 Å². The van der Waals surface area contributed by atoms with Crippen LogP contribution in [-0.4, -0.2) is 19.9 Å². The molecule has 0 saturated carbocycles. The number of nitrogens with zero attached hydrogens (tertiary/aromatic N) is 2. The summed E-state index contributed by atoms with van der Waals surface area (Å²) in [6.45, 7) is 0. The van der Waals surface area contributed by atoms with E-state index in [-0.39, 0.29) is 11.7 Å². The predicted octanol–water partition coefficient (Wildman–Crippen LogP) is 3.03. The molecular weight excluding hydrogens is 341 g/mol. The van der Waals surface area contributed by atoms with Gasteiger partial charge in [-0.2, -0.15) is 5.10 Å². The zero-order valence-corrected chi connectivity index (χ0v) is 13.9. The van der Waals surface area contributed by atoms with Crippen molar-refractivity contribution in [3.8, 4) is 5.69 Å². The summed E-state index contributed by atoms with van der Waals surface area (Å²) < 4.78 is 26.6.